The molecule has 1 unspecified atom stereocenters. The van der Waals surface area contributed by atoms with E-state index in [4.69, 9.17) is 4.74 Å². The third-order valence-corrected chi connectivity index (χ3v) is 8.79. The van der Waals surface area contributed by atoms with Crippen LogP contribution in [0.5, 0.6) is 0 Å². The minimum absolute atomic E-state index is 0.00601. The fourth-order valence-corrected chi connectivity index (χ4v) is 6.49. The zero-order valence-electron chi connectivity index (χ0n) is 24.5. The number of halogens is 1. The molecule has 0 amide bonds. The van der Waals surface area contributed by atoms with Gasteiger partial charge in [-0.1, -0.05) is 43.4 Å². The van der Waals surface area contributed by atoms with Gasteiger partial charge in [-0.25, -0.2) is 8.91 Å². The molecule has 0 aliphatic carbocycles. The number of nitrogens with zero attached hydrogens (tertiary/aromatic N) is 6. The molecule has 0 spiro atoms. The smallest absolute Gasteiger partial charge is 0.171 e. The largest absolute Gasteiger partial charge is 0.370 e. The van der Waals surface area contributed by atoms with Crippen molar-refractivity contribution in [3.63, 3.8) is 0 Å². The van der Waals surface area contributed by atoms with Crippen molar-refractivity contribution in [3.8, 4) is 6.07 Å². The van der Waals surface area contributed by atoms with Gasteiger partial charge in [0, 0.05) is 63.5 Å². The number of piperazine rings is 1. The highest BCUT2D eigenvalue weighted by molar-refractivity contribution is 5.74. The first-order chi connectivity index (χ1) is 20.4. The molecule has 3 aliphatic heterocycles. The van der Waals surface area contributed by atoms with Gasteiger partial charge in [0.25, 0.3) is 0 Å². The van der Waals surface area contributed by atoms with Gasteiger partial charge in [-0.3, -0.25) is 4.90 Å². The molecule has 3 aromatic rings. The number of hydrogen-bond donors (Lipinski definition) is 1. The lowest BCUT2D eigenvalue weighted by Gasteiger charge is -2.42. The van der Waals surface area contributed by atoms with Crippen LogP contribution in [-0.4, -0.2) is 85.6 Å². The summed E-state index contributed by atoms with van der Waals surface area (Å²) in [6, 6.07) is 14.7. The van der Waals surface area contributed by atoms with Gasteiger partial charge < -0.3 is 19.9 Å². The van der Waals surface area contributed by atoms with Gasteiger partial charge in [-0.15, -0.1) is 0 Å². The number of allylic oxidation sites excluding steroid dienone is 2. The molecule has 5 heterocycles. The number of hydrogen-bond acceptors (Lipinski definition) is 7. The third-order valence-electron chi connectivity index (χ3n) is 8.79. The maximum atomic E-state index is 14.7. The zero-order chi connectivity index (χ0) is 29.1. The van der Waals surface area contributed by atoms with Crippen LogP contribution in [0.4, 0.5) is 15.8 Å². The van der Waals surface area contributed by atoms with Crippen LogP contribution < -0.4 is 15.1 Å². The number of benzene rings is 1. The summed E-state index contributed by atoms with van der Waals surface area (Å²) >= 11 is 0. The number of fused-ring (bicyclic) bond motifs is 1. The topological polar surface area (TPSA) is 72.1 Å². The molecule has 0 bridgehead atoms. The fraction of sp³-hybridized carbons (Fsp3) is 0.455. The molecule has 0 saturated carbocycles. The van der Waals surface area contributed by atoms with E-state index >= 15 is 0 Å². The van der Waals surface area contributed by atoms with Crippen LogP contribution in [0, 0.1) is 17.1 Å². The van der Waals surface area contributed by atoms with Crippen LogP contribution >= 0.6 is 0 Å². The van der Waals surface area contributed by atoms with E-state index in [-0.39, 0.29) is 17.6 Å². The van der Waals surface area contributed by atoms with Gasteiger partial charge in [0.05, 0.1) is 24.1 Å². The van der Waals surface area contributed by atoms with Crippen LogP contribution in [0.1, 0.15) is 31.5 Å². The number of nitrogens with one attached hydrogen (secondary N) is 1. The van der Waals surface area contributed by atoms with Gasteiger partial charge in [0.15, 0.2) is 5.82 Å². The van der Waals surface area contributed by atoms with Crippen molar-refractivity contribution in [2.45, 2.75) is 37.9 Å². The Bertz CT molecular complexity index is 1480. The van der Waals surface area contributed by atoms with Crippen molar-refractivity contribution < 1.29 is 9.13 Å². The van der Waals surface area contributed by atoms with E-state index in [1.807, 2.05) is 6.07 Å². The summed E-state index contributed by atoms with van der Waals surface area (Å²) in [5, 5.41) is 17.1. The number of rotatable bonds is 5. The third kappa shape index (κ3) is 5.93. The molecule has 2 saturated heterocycles. The molecule has 3 aliphatic rings. The molecular formula is C33H40FN7O. The Kier molecular flexibility index (Phi) is 8.29. The Morgan fingerprint density at radius 1 is 1.07 bits per heavy atom. The van der Waals surface area contributed by atoms with Crippen LogP contribution in [0.3, 0.4) is 0 Å². The standard InChI is InChI=1S/C33H40FN7O/c1-25-21-40(31-12-11-28(19-35)41-32(31)30(34)20-37-41)23-29(42-25)22-38-15-17-39(18-16-38)27-9-7-26(8-10-27)33(2)13-5-3-4-6-14-36-24-33/h3-5,7-13,20,25,29,36H,6,14-18,21-24H2,1-2H3/b4-3+,13-5+/t25-,29+,33?/m1/s1. The molecule has 3 atom stereocenters. The lowest BCUT2D eigenvalue weighted by Crippen LogP contribution is -2.54. The van der Waals surface area contributed by atoms with Crippen molar-refractivity contribution in [1.29, 1.82) is 5.26 Å². The molecule has 2 fully saturated rings. The molecular weight excluding hydrogens is 529 g/mol. The summed E-state index contributed by atoms with van der Waals surface area (Å²) in [5.41, 5.74) is 3.98. The molecule has 2 aromatic heterocycles. The van der Waals surface area contributed by atoms with Crippen molar-refractivity contribution in [3.05, 3.63) is 84.0 Å². The summed E-state index contributed by atoms with van der Waals surface area (Å²) in [6.07, 6.45) is 11.1. The first-order valence-electron chi connectivity index (χ1n) is 15.0. The van der Waals surface area contributed by atoms with Crippen molar-refractivity contribution in [1.82, 2.24) is 19.8 Å². The zero-order valence-corrected chi connectivity index (χ0v) is 24.5. The average Bonchev–Trinajstić information content (AvgIpc) is 3.44. The molecule has 1 N–H and O–H groups in total. The fourth-order valence-electron chi connectivity index (χ4n) is 6.49. The van der Waals surface area contributed by atoms with Gasteiger partial charge >= 0.3 is 0 Å². The summed E-state index contributed by atoms with van der Waals surface area (Å²) in [5.74, 6) is -0.415. The van der Waals surface area contributed by atoms with E-state index < -0.39 is 5.82 Å². The second kappa shape index (κ2) is 12.3. The first kappa shape index (κ1) is 28.4. The maximum Gasteiger partial charge on any atom is 0.171 e. The summed E-state index contributed by atoms with van der Waals surface area (Å²) in [7, 11) is 0. The summed E-state index contributed by atoms with van der Waals surface area (Å²) in [6.45, 7) is 12.3. The Hall–Kier alpha value is -3.71. The van der Waals surface area contributed by atoms with Gasteiger partial charge in [0.1, 0.15) is 17.3 Å². The second-order valence-corrected chi connectivity index (χ2v) is 11.9. The maximum absolute atomic E-state index is 14.7. The molecule has 8 nitrogen and oxygen atoms in total. The molecule has 6 rings (SSSR count). The normalized spacial score (nSPS) is 27.2. The van der Waals surface area contributed by atoms with Gasteiger partial charge in [-0.2, -0.15) is 10.4 Å². The average molecular weight is 570 g/mol. The summed E-state index contributed by atoms with van der Waals surface area (Å²) < 4.78 is 22.5. The van der Waals surface area contributed by atoms with E-state index in [0.717, 1.165) is 57.9 Å². The predicted molar refractivity (Wildman–Crippen MR) is 165 cm³/mol. The highest BCUT2D eigenvalue weighted by atomic mass is 19.1. The minimum Gasteiger partial charge on any atom is -0.370 e. The molecule has 9 heteroatoms. The molecule has 220 valence electrons. The molecule has 42 heavy (non-hydrogen) atoms. The van der Waals surface area contributed by atoms with E-state index in [1.54, 1.807) is 6.07 Å². The number of ether oxygens (including phenoxy) is 1. The van der Waals surface area contributed by atoms with Crippen LogP contribution in [0.25, 0.3) is 5.52 Å². The van der Waals surface area contributed by atoms with E-state index in [2.05, 4.69) is 93.6 Å². The number of pyridine rings is 1. The highest BCUT2D eigenvalue weighted by Crippen LogP contribution is 2.30. The van der Waals surface area contributed by atoms with Gasteiger partial charge in [-0.05, 0) is 49.7 Å². The van der Waals surface area contributed by atoms with Crippen molar-refractivity contribution in [2.24, 2.45) is 0 Å². The SMILES string of the molecule is C[C@@H]1CN(c2ccc(C#N)n3ncc(F)c23)C[C@H](CN2CCN(c3ccc(C4(C)/C=C/C=C/CCNC4)cc3)CC2)O1. The second-order valence-electron chi connectivity index (χ2n) is 11.9. The Balaban J connectivity index is 1.07. The van der Waals surface area contributed by atoms with Crippen molar-refractivity contribution >= 4 is 16.9 Å². The van der Waals surface area contributed by atoms with Gasteiger partial charge in [0.2, 0.25) is 0 Å². The monoisotopic (exact) mass is 569 g/mol. The van der Waals surface area contributed by atoms with Crippen LogP contribution in [0.15, 0.2) is 66.9 Å². The number of morpholine rings is 1. The van der Waals surface area contributed by atoms with Crippen molar-refractivity contribution in [2.75, 3.05) is 68.7 Å². The van der Waals surface area contributed by atoms with Crippen LogP contribution in [0.2, 0.25) is 0 Å². The van der Waals surface area contributed by atoms with E-state index in [0.29, 0.717) is 24.3 Å². The first-order valence-corrected chi connectivity index (χ1v) is 15.0. The highest BCUT2D eigenvalue weighted by Gasteiger charge is 2.30. The van der Waals surface area contributed by atoms with E-state index in [1.165, 1.54) is 22.0 Å². The minimum atomic E-state index is -0.415. The Morgan fingerprint density at radius 2 is 1.88 bits per heavy atom. The Morgan fingerprint density at radius 3 is 2.67 bits per heavy atom. The molecule has 1 aromatic carbocycles. The van der Waals surface area contributed by atoms with Crippen LogP contribution in [-0.2, 0) is 10.2 Å². The quantitative estimate of drug-likeness (QED) is 0.496. The summed E-state index contributed by atoms with van der Waals surface area (Å²) in [4.78, 5) is 7.12. The number of nitriles is 1. The number of anilines is 2. The Labute approximate surface area is 247 Å². The predicted octanol–water partition coefficient (Wildman–Crippen LogP) is 4.12. The van der Waals surface area contributed by atoms with E-state index in [9.17, 15) is 9.65 Å². The lowest BCUT2D eigenvalue weighted by atomic mass is 9.82. The molecule has 0 radical (unpaired) electrons. The number of aromatic nitrogens is 2. The lowest BCUT2D eigenvalue weighted by molar-refractivity contribution is -0.0327.